The number of aliphatic imine (C=N–C) groups is 2. The number of ether oxygens (including phenoxy) is 3. The Morgan fingerprint density at radius 2 is 2.18 bits per heavy atom. The number of aliphatic hydroxyl groups excluding tert-OH is 1. The molecule has 1 aliphatic rings. The lowest BCUT2D eigenvalue weighted by atomic mass is 9.88. The number of carbonyl (C=O) groups excluding carboxylic acids is 1. The van der Waals surface area contributed by atoms with Crippen LogP contribution in [0.3, 0.4) is 0 Å². The van der Waals surface area contributed by atoms with E-state index in [1.807, 2.05) is 19.1 Å². The first-order chi connectivity index (χ1) is 10.6. The summed E-state index contributed by atoms with van der Waals surface area (Å²) in [6, 6.07) is 0. The van der Waals surface area contributed by atoms with Gasteiger partial charge in [0.1, 0.15) is 6.54 Å². The van der Waals surface area contributed by atoms with E-state index in [1.54, 1.807) is 6.92 Å². The van der Waals surface area contributed by atoms with Crippen molar-refractivity contribution in [3.05, 3.63) is 12.2 Å². The van der Waals surface area contributed by atoms with Crippen LogP contribution < -0.4 is 0 Å². The summed E-state index contributed by atoms with van der Waals surface area (Å²) in [4.78, 5) is 20.9. The molecule has 22 heavy (non-hydrogen) atoms. The predicted molar refractivity (Wildman–Crippen MR) is 83.2 cm³/mol. The molecule has 0 aromatic rings. The van der Waals surface area contributed by atoms with E-state index in [0.29, 0.717) is 12.8 Å². The van der Waals surface area contributed by atoms with Gasteiger partial charge in [0, 0.05) is 0 Å². The molecule has 0 aromatic heterocycles. The first kappa shape index (κ1) is 18.2. The van der Waals surface area contributed by atoms with Crippen LogP contribution in [0.25, 0.3) is 0 Å². The number of methoxy groups -OCH3 is 2. The summed E-state index contributed by atoms with van der Waals surface area (Å²) in [5.74, 6) is -0.406. The van der Waals surface area contributed by atoms with Gasteiger partial charge in [-0.15, -0.1) is 0 Å². The van der Waals surface area contributed by atoms with Crippen LogP contribution in [0.15, 0.2) is 22.1 Å². The minimum absolute atomic E-state index is 0.0414. The smallest absolute Gasteiger partial charge is 0.346 e. The highest BCUT2D eigenvalue weighted by molar-refractivity contribution is 6.12. The Balaban J connectivity index is 3.23. The van der Waals surface area contributed by atoms with Gasteiger partial charge in [0.25, 0.3) is 5.54 Å². The van der Waals surface area contributed by atoms with E-state index in [1.165, 1.54) is 14.2 Å². The zero-order valence-electron chi connectivity index (χ0n) is 13.5. The molecule has 7 heteroatoms. The normalized spacial score (nSPS) is 22.8. The fourth-order valence-corrected chi connectivity index (χ4v) is 2.23. The Kier molecular flexibility index (Phi) is 7.04. The van der Waals surface area contributed by atoms with Crippen molar-refractivity contribution in [3.8, 4) is 0 Å². The number of hydrogen-bond donors (Lipinski definition) is 1. The van der Waals surface area contributed by atoms with E-state index in [0.717, 1.165) is 0 Å². The van der Waals surface area contributed by atoms with Crippen LogP contribution in [0.2, 0.25) is 0 Å². The third-order valence-electron chi connectivity index (χ3n) is 3.33. The first-order valence-corrected chi connectivity index (χ1v) is 7.24. The largest absolute Gasteiger partial charge is 0.483 e. The molecule has 0 radical (unpaired) electrons. The second kappa shape index (κ2) is 8.53. The molecule has 0 saturated heterocycles. The van der Waals surface area contributed by atoms with Gasteiger partial charge in [-0.05, 0) is 26.7 Å². The maximum atomic E-state index is 12.5. The van der Waals surface area contributed by atoms with Crippen molar-refractivity contribution in [3.63, 3.8) is 0 Å². The minimum Gasteiger partial charge on any atom is -0.483 e. The second-order valence-electron chi connectivity index (χ2n) is 4.68. The summed E-state index contributed by atoms with van der Waals surface area (Å²) >= 11 is 0. The predicted octanol–water partition coefficient (Wildman–Crippen LogP) is 1.11. The lowest BCUT2D eigenvalue weighted by Crippen LogP contribution is -2.58. The minimum atomic E-state index is -1.71. The van der Waals surface area contributed by atoms with E-state index < -0.39 is 17.6 Å². The molecule has 1 rings (SSSR count). The van der Waals surface area contributed by atoms with Gasteiger partial charge < -0.3 is 19.3 Å². The van der Waals surface area contributed by atoms with Gasteiger partial charge in [-0.1, -0.05) is 12.2 Å². The monoisotopic (exact) mass is 312 g/mol. The molecule has 1 heterocycles. The molecule has 1 N–H and O–H groups in total. The summed E-state index contributed by atoms with van der Waals surface area (Å²) in [6.45, 7) is 3.89. The van der Waals surface area contributed by atoms with Crippen LogP contribution >= 0.6 is 0 Å². The van der Waals surface area contributed by atoms with Crippen molar-refractivity contribution in [2.45, 2.75) is 38.3 Å². The average molecular weight is 312 g/mol. The highest BCUT2D eigenvalue weighted by Gasteiger charge is 2.54. The van der Waals surface area contributed by atoms with Crippen LogP contribution in [0, 0.1) is 0 Å². The van der Waals surface area contributed by atoms with Crippen LogP contribution in [-0.4, -0.2) is 61.9 Å². The van der Waals surface area contributed by atoms with Crippen molar-refractivity contribution < 1.29 is 24.1 Å². The van der Waals surface area contributed by atoms with Gasteiger partial charge in [0.15, 0.2) is 0 Å². The quantitative estimate of drug-likeness (QED) is 0.586. The Hall–Kier alpha value is -1.89. The van der Waals surface area contributed by atoms with E-state index >= 15 is 0 Å². The average Bonchev–Trinajstić information content (AvgIpc) is 2.54. The van der Waals surface area contributed by atoms with Crippen molar-refractivity contribution in [1.29, 1.82) is 0 Å². The second-order valence-corrected chi connectivity index (χ2v) is 4.68. The van der Waals surface area contributed by atoms with Crippen molar-refractivity contribution in [2.24, 2.45) is 9.98 Å². The van der Waals surface area contributed by atoms with E-state index in [9.17, 15) is 9.90 Å². The molecule has 0 spiro atoms. The molecule has 1 aliphatic heterocycles. The number of aliphatic hydroxyl groups is 1. The summed E-state index contributed by atoms with van der Waals surface area (Å²) in [6.07, 6.45) is 3.54. The van der Waals surface area contributed by atoms with Gasteiger partial charge in [0.05, 0.1) is 26.9 Å². The molecule has 2 unspecified atom stereocenters. The van der Waals surface area contributed by atoms with Gasteiger partial charge in [0.2, 0.25) is 11.8 Å². The first-order valence-electron chi connectivity index (χ1n) is 7.24. The molecule has 0 amide bonds. The number of hydrogen-bond acceptors (Lipinski definition) is 7. The third kappa shape index (κ3) is 3.65. The summed E-state index contributed by atoms with van der Waals surface area (Å²) in [5, 5.41) is 10.6. The molecule has 0 saturated carbocycles. The third-order valence-corrected chi connectivity index (χ3v) is 3.33. The topological polar surface area (TPSA) is 89.7 Å². The Bertz CT molecular complexity index is 473. The van der Waals surface area contributed by atoms with Crippen LogP contribution in [0.1, 0.15) is 26.7 Å². The van der Waals surface area contributed by atoms with E-state index in [4.69, 9.17) is 14.2 Å². The van der Waals surface area contributed by atoms with Crippen LogP contribution in [0.4, 0.5) is 0 Å². The zero-order chi connectivity index (χ0) is 16.6. The summed E-state index contributed by atoms with van der Waals surface area (Å²) in [5.41, 5.74) is -1.71. The lowest BCUT2D eigenvalue weighted by molar-refractivity contribution is -0.151. The standard InChI is InChI=1S/C15H24N2O5/c1-5-7-8-9-11(18)15(14(19)22-6-2)13(21-4)16-10-12(17-15)20-3/h5,7,11,18H,6,8-10H2,1-4H3/b7-5+. The Morgan fingerprint density at radius 1 is 1.45 bits per heavy atom. The Labute approximate surface area is 130 Å². The van der Waals surface area contributed by atoms with Crippen molar-refractivity contribution >= 4 is 17.8 Å². The number of esters is 1. The molecule has 0 fully saturated rings. The fraction of sp³-hybridized carbons (Fsp3) is 0.667. The summed E-state index contributed by atoms with van der Waals surface area (Å²) in [7, 11) is 2.83. The van der Waals surface area contributed by atoms with E-state index in [-0.39, 0.29) is 24.9 Å². The SMILES string of the molecule is C/C=C/CCC(O)C1(C(=O)OCC)N=C(OC)CN=C1OC. The molecule has 2 atom stereocenters. The maximum Gasteiger partial charge on any atom is 0.346 e. The van der Waals surface area contributed by atoms with Crippen LogP contribution in [-0.2, 0) is 19.0 Å². The van der Waals surface area contributed by atoms with Gasteiger partial charge in [-0.25, -0.2) is 14.8 Å². The number of rotatable bonds is 6. The number of allylic oxidation sites excluding steroid dienone is 2. The highest BCUT2D eigenvalue weighted by atomic mass is 16.5. The number of nitrogens with zero attached hydrogens (tertiary/aromatic N) is 2. The molecule has 7 nitrogen and oxygen atoms in total. The lowest BCUT2D eigenvalue weighted by Gasteiger charge is -2.34. The zero-order valence-corrected chi connectivity index (χ0v) is 13.5. The number of carbonyl (C=O) groups is 1. The van der Waals surface area contributed by atoms with Gasteiger partial charge in [-0.2, -0.15) is 0 Å². The van der Waals surface area contributed by atoms with Crippen molar-refractivity contribution in [1.82, 2.24) is 0 Å². The molecule has 0 aromatic carbocycles. The molecular weight excluding hydrogens is 288 g/mol. The molecule has 0 aliphatic carbocycles. The summed E-state index contributed by atoms with van der Waals surface area (Å²) < 4.78 is 15.4. The molecule has 0 bridgehead atoms. The molecule has 124 valence electrons. The van der Waals surface area contributed by atoms with Gasteiger partial charge >= 0.3 is 5.97 Å². The van der Waals surface area contributed by atoms with Crippen molar-refractivity contribution in [2.75, 3.05) is 27.4 Å². The Morgan fingerprint density at radius 3 is 2.73 bits per heavy atom. The van der Waals surface area contributed by atoms with E-state index in [2.05, 4.69) is 9.98 Å². The van der Waals surface area contributed by atoms with Gasteiger partial charge in [-0.3, -0.25) is 0 Å². The highest BCUT2D eigenvalue weighted by Crippen LogP contribution is 2.28. The molecular formula is C15H24N2O5. The van der Waals surface area contributed by atoms with Crippen LogP contribution in [0.5, 0.6) is 0 Å². The maximum absolute atomic E-state index is 12.5. The fourth-order valence-electron chi connectivity index (χ4n) is 2.23.